The predicted molar refractivity (Wildman–Crippen MR) is 192 cm³/mol. The van der Waals surface area contributed by atoms with Crippen molar-refractivity contribution in [1.29, 1.82) is 0 Å². The summed E-state index contributed by atoms with van der Waals surface area (Å²) in [5.41, 5.74) is -1.60. The number of esters is 2. The van der Waals surface area contributed by atoms with Gasteiger partial charge in [0.05, 0.1) is 37.8 Å². The summed E-state index contributed by atoms with van der Waals surface area (Å²) in [4.78, 5) is 62.0. The first-order valence-electron chi connectivity index (χ1n) is 18.6. The summed E-state index contributed by atoms with van der Waals surface area (Å²) in [6.07, 6.45) is 2.42. The number of hydrogen-bond donors (Lipinski definition) is 1. The lowest BCUT2D eigenvalue weighted by Crippen LogP contribution is -2.57. The molecule has 1 spiro atoms. The number of carboxylic acids is 1. The van der Waals surface area contributed by atoms with Gasteiger partial charge in [-0.1, -0.05) is 20.8 Å². The molecule has 2 aliphatic heterocycles. The largest absolute Gasteiger partial charge is 0.481 e. The molecule has 0 aromatic rings. The fourth-order valence-electron chi connectivity index (χ4n) is 7.04. The monoisotopic (exact) mass is 709 g/mol. The van der Waals surface area contributed by atoms with E-state index in [2.05, 4.69) is 40.4 Å². The second-order valence-corrected chi connectivity index (χ2v) is 17.8. The first kappa shape index (κ1) is 42.1. The molecule has 1 saturated carbocycles. The summed E-state index contributed by atoms with van der Waals surface area (Å²) in [6, 6.07) is 0. The Balaban J connectivity index is 1.76. The number of ether oxygens (including phenoxy) is 3. The summed E-state index contributed by atoms with van der Waals surface area (Å²) < 4.78 is 17.5. The number of hydrogen-bond acceptors (Lipinski definition) is 11. The smallest absolute Gasteiger partial charge is 0.320 e. The van der Waals surface area contributed by atoms with Crippen LogP contribution in [0.1, 0.15) is 88.0 Å². The molecule has 2 saturated heterocycles. The molecule has 50 heavy (non-hydrogen) atoms. The first-order chi connectivity index (χ1) is 23.1. The van der Waals surface area contributed by atoms with Crippen molar-refractivity contribution in [2.24, 2.45) is 11.3 Å². The summed E-state index contributed by atoms with van der Waals surface area (Å²) in [5.74, 6) is -1.63. The number of carbonyl (C=O) groups is 4. The summed E-state index contributed by atoms with van der Waals surface area (Å²) in [7, 11) is 0. The maximum absolute atomic E-state index is 13.9. The van der Waals surface area contributed by atoms with Crippen LogP contribution in [0.4, 0.5) is 0 Å². The summed E-state index contributed by atoms with van der Waals surface area (Å²) in [5, 5.41) is 9.48. The van der Waals surface area contributed by atoms with Gasteiger partial charge in [0.25, 0.3) is 0 Å². The van der Waals surface area contributed by atoms with E-state index in [9.17, 15) is 24.3 Å². The van der Waals surface area contributed by atoms with Gasteiger partial charge in [-0.3, -0.25) is 33.9 Å². The highest BCUT2D eigenvalue weighted by atomic mass is 16.6. The molecule has 13 nitrogen and oxygen atoms in total. The van der Waals surface area contributed by atoms with Crippen LogP contribution in [-0.4, -0.2) is 168 Å². The summed E-state index contributed by atoms with van der Waals surface area (Å²) >= 11 is 0. The van der Waals surface area contributed by atoms with E-state index in [4.69, 9.17) is 14.2 Å². The highest BCUT2D eigenvalue weighted by Gasteiger charge is 2.43. The molecule has 0 unspecified atom stereocenters. The molecule has 1 amide bonds. The van der Waals surface area contributed by atoms with Crippen LogP contribution in [-0.2, 0) is 33.4 Å². The van der Waals surface area contributed by atoms with Gasteiger partial charge in [0.15, 0.2) is 0 Å². The van der Waals surface area contributed by atoms with Gasteiger partial charge in [0.2, 0.25) is 5.91 Å². The third kappa shape index (κ3) is 15.5. The van der Waals surface area contributed by atoms with Gasteiger partial charge < -0.3 is 29.1 Å². The molecule has 0 bridgehead atoms. The molecule has 0 aromatic heterocycles. The Morgan fingerprint density at radius 1 is 0.660 bits per heavy atom. The number of carboxylic acid groups (broad SMARTS) is 1. The molecule has 0 aromatic carbocycles. The van der Waals surface area contributed by atoms with E-state index < -0.39 is 22.8 Å². The lowest BCUT2D eigenvalue weighted by Gasteiger charge is -2.46. The molecule has 3 fully saturated rings. The Morgan fingerprint density at radius 2 is 1.08 bits per heavy atom. The molecule has 13 heteroatoms. The number of aliphatic carboxylic acids is 1. The topological polar surface area (TPSA) is 132 Å². The van der Waals surface area contributed by atoms with Crippen molar-refractivity contribution in [2.45, 2.75) is 105 Å². The Morgan fingerprint density at radius 3 is 1.48 bits per heavy atom. The quantitative estimate of drug-likeness (QED) is 0.372. The van der Waals surface area contributed by atoms with Crippen LogP contribution in [0.25, 0.3) is 0 Å². The van der Waals surface area contributed by atoms with Crippen molar-refractivity contribution < 1.29 is 38.5 Å². The molecule has 0 radical (unpaired) electrons. The van der Waals surface area contributed by atoms with Gasteiger partial charge in [-0.05, 0) is 72.6 Å². The molecule has 1 N–H and O–H groups in total. The van der Waals surface area contributed by atoms with Crippen LogP contribution in [0, 0.1) is 11.3 Å². The van der Waals surface area contributed by atoms with E-state index in [1.165, 1.54) is 0 Å². The van der Waals surface area contributed by atoms with Gasteiger partial charge >= 0.3 is 17.9 Å². The average Bonchev–Trinajstić information content (AvgIpc) is 2.96. The molecule has 3 rings (SSSR count). The van der Waals surface area contributed by atoms with Crippen LogP contribution in [0.5, 0.6) is 0 Å². The number of morpholine rings is 1. The zero-order chi connectivity index (χ0) is 37.3. The van der Waals surface area contributed by atoms with Crippen molar-refractivity contribution in [2.75, 3.05) is 98.2 Å². The van der Waals surface area contributed by atoms with Crippen molar-refractivity contribution in [3.8, 4) is 0 Å². The number of nitrogens with zero attached hydrogens (tertiary/aromatic N) is 5. The van der Waals surface area contributed by atoms with E-state index in [1.807, 2.05) is 46.4 Å². The molecular weight excluding hydrogens is 642 g/mol. The van der Waals surface area contributed by atoms with Crippen molar-refractivity contribution in [3.63, 3.8) is 0 Å². The second kappa shape index (κ2) is 17.9. The van der Waals surface area contributed by atoms with Gasteiger partial charge in [-0.2, -0.15) is 0 Å². The van der Waals surface area contributed by atoms with E-state index in [0.717, 1.165) is 19.6 Å². The minimum Gasteiger partial charge on any atom is -0.481 e. The van der Waals surface area contributed by atoms with Crippen LogP contribution >= 0.6 is 0 Å². The Kier molecular flexibility index (Phi) is 15.1. The van der Waals surface area contributed by atoms with E-state index in [0.29, 0.717) is 84.6 Å². The maximum Gasteiger partial charge on any atom is 0.320 e. The van der Waals surface area contributed by atoms with Crippen LogP contribution in [0.3, 0.4) is 0 Å². The number of rotatable bonds is 8. The SMILES string of the molecule is CC(C)(C)CN1CCN(CC(=O)OC(C)(C)C)CCN(CC(=O)OC(C)(C)C)CCN(CC(=O)N2CCOC3(CCC(C(=O)O)CC3)C2)CC1. The van der Waals surface area contributed by atoms with Crippen LogP contribution < -0.4 is 0 Å². The zero-order valence-electron chi connectivity index (χ0n) is 32.6. The lowest BCUT2D eigenvalue weighted by atomic mass is 9.78. The maximum atomic E-state index is 13.9. The third-order valence-corrected chi connectivity index (χ3v) is 9.38. The highest BCUT2D eigenvalue weighted by Crippen LogP contribution is 2.37. The van der Waals surface area contributed by atoms with Crippen molar-refractivity contribution in [1.82, 2.24) is 24.5 Å². The third-order valence-electron chi connectivity index (χ3n) is 9.38. The normalized spacial score (nSPS) is 25.1. The fraction of sp³-hybridized carbons (Fsp3) is 0.892. The second-order valence-electron chi connectivity index (χ2n) is 17.8. The Labute approximate surface area is 300 Å². The highest BCUT2D eigenvalue weighted by molar-refractivity contribution is 5.78. The zero-order valence-corrected chi connectivity index (χ0v) is 32.6. The Bertz CT molecular complexity index is 1140. The fourth-order valence-corrected chi connectivity index (χ4v) is 7.04. The molecular formula is C37H67N5O8. The standard InChI is InChI=1S/C37H67N5O8/c1-34(2,3)27-41-20-18-38(24-30(43)42-22-23-48-37(28-42)12-10-29(11-13-37)33(46)47)14-15-39(25-31(44)49-35(4,5)6)16-17-40(19-21-41)26-32(45)50-36(7,8)9/h29H,10-28H2,1-9H3,(H,46,47). The molecule has 288 valence electrons. The van der Waals surface area contributed by atoms with Gasteiger partial charge in [0.1, 0.15) is 11.2 Å². The predicted octanol–water partition coefficient (Wildman–Crippen LogP) is 2.81. The molecule has 2 heterocycles. The van der Waals surface area contributed by atoms with Crippen LogP contribution in [0.2, 0.25) is 0 Å². The van der Waals surface area contributed by atoms with Crippen molar-refractivity contribution >= 4 is 23.8 Å². The number of carbonyl (C=O) groups excluding carboxylic acids is 3. The van der Waals surface area contributed by atoms with Gasteiger partial charge in [-0.25, -0.2) is 0 Å². The van der Waals surface area contributed by atoms with Crippen molar-refractivity contribution in [3.05, 3.63) is 0 Å². The molecule has 0 atom stereocenters. The Hall–Kier alpha value is -2.32. The van der Waals surface area contributed by atoms with E-state index in [-0.39, 0.29) is 48.8 Å². The van der Waals surface area contributed by atoms with E-state index in [1.54, 1.807) is 0 Å². The minimum absolute atomic E-state index is 0.0460. The van der Waals surface area contributed by atoms with Gasteiger partial charge in [-0.15, -0.1) is 0 Å². The summed E-state index contributed by atoms with van der Waals surface area (Å²) in [6.45, 7) is 25.8. The van der Waals surface area contributed by atoms with Gasteiger partial charge in [0, 0.05) is 72.0 Å². The van der Waals surface area contributed by atoms with Crippen LogP contribution in [0.15, 0.2) is 0 Å². The molecule has 3 aliphatic rings. The average molecular weight is 710 g/mol. The first-order valence-corrected chi connectivity index (χ1v) is 18.6. The minimum atomic E-state index is -0.754. The number of amides is 1. The lowest BCUT2D eigenvalue weighted by molar-refractivity contribution is -0.164. The molecule has 1 aliphatic carbocycles. The van der Waals surface area contributed by atoms with E-state index >= 15 is 0 Å².